The molecule has 0 saturated heterocycles. The second-order valence-corrected chi connectivity index (χ2v) is 6.94. The van der Waals surface area contributed by atoms with E-state index in [1.165, 1.54) is 5.56 Å². The molecule has 4 N–H and O–H groups in total. The van der Waals surface area contributed by atoms with Gasteiger partial charge in [0.05, 0.1) is 0 Å². The molecule has 2 amide bonds. The Labute approximate surface area is 171 Å². The Morgan fingerprint density at radius 3 is 2.10 bits per heavy atom. The summed E-state index contributed by atoms with van der Waals surface area (Å²) in [4.78, 5) is 24.1. The zero-order valence-electron chi connectivity index (χ0n) is 16.7. The van der Waals surface area contributed by atoms with Crippen LogP contribution in [0.5, 0.6) is 0 Å². The van der Waals surface area contributed by atoms with Gasteiger partial charge in [0.15, 0.2) is 6.54 Å². The molecule has 0 radical (unpaired) electrons. The fourth-order valence-corrected chi connectivity index (χ4v) is 3.18. The predicted molar refractivity (Wildman–Crippen MR) is 115 cm³/mol. The Hall–Kier alpha value is -3.44. The lowest BCUT2D eigenvalue weighted by atomic mass is 9.98. The fourth-order valence-electron chi connectivity index (χ4n) is 3.18. The number of carbonyl (C=O) groups excluding carboxylic acids is 2. The third-order valence-corrected chi connectivity index (χ3v) is 4.79. The van der Waals surface area contributed by atoms with Crippen LogP contribution in [0.3, 0.4) is 0 Å². The average Bonchev–Trinajstić information content (AvgIpc) is 2.76. The molecule has 0 aromatic heterocycles. The van der Waals surface area contributed by atoms with Crippen molar-refractivity contribution in [1.29, 1.82) is 0 Å². The molecule has 3 aromatic rings. The van der Waals surface area contributed by atoms with Crippen LogP contribution in [-0.4, -0.2) is 25.4 Å². The van der Waals surface area contributed by atoms with Gasteiger partial charge < -0.3 is 16.0 Å². The zero-order valence-corrected chi connectivity index (χ0v) is 16.7. The maximum atomic E-state index is 12.5. The lowest BCUT2D eigenvalue weighted by molar-refractivity contribution is -0.676. The molecule has 3 aromatic carbocycles. The van der Waals surface area contributed by atoms with Gasteiger partial charge in [-0.05, 0) is 31.2 Å². The van der Waals surface area contributed by atoms with E-state index in [0.29, 0.717) is 11.3 Å². The maximum absolute atomic E-state index is 12.5. The highest BCUT2D eigenvalue weighted by atomic mass is 16.2. The van der Waals surface area contributed by atoms with E-state index in [-0.39, 0.29) is 24.4 Å². The Morgan fingerprint density at radius 2 is 1.48 bits per heavy atom. The number of nitrogens with one attached hydrogen (secondary N) is 2. The Balaban J connectivity index is 1.66. The Morgan fingerprint density at radius 1 is 0.862 bits per heavy atom. The van der Waals surface area contributed by atoms with Gasteiger partial charge in [-0.25, -0.2) is 0 Å². The van der Waals surface area contributed by atoms with Crippen molar-refractivity contribution in [1.82, 2.24) is 5.32 Å². The van der Waals surface area contributed by atoms with E-state index in [1.807, 2.05) is 23.5 Å². The minimum Gasteiger partial charge on any atom is -0.355 e. The number of benzene rings is 3. The van der Waals surface area contributed by atoms with Crippen molar-refractivity contribution in [2.24, 2.45) is 0 Å². The Kier molecular flexibility index (Phi) is 6.76. The van der Waals surface area contributed by atoms with Gasteiger partial charge in [0, 0.05) is 29.4 Å². The first-order valence-electron chi connectivity index (χ1n) is 9.63. The average molecular weight is 388 g/mol. The zero-order chi connectivity index (χ0) is 20.6. The van der Waals surface area contributed by atoms with Crippen molar-refractivity contribution in [2.75, 3.05) is 18.9 Å². The van der Waals surface area contributed by atoms with Crippen LogP contribution in [0, 0.1) is 6.92 Å². The van der Waals surface area contributed by atoms with Gasteiger partial charge in [-0.2, -0.15) is 0 Å². The molecule has 29 heavy (non-hydrogen) atoms. The SMILES string of the molecule is CNC(=O)c1ccc(NC(=O)C[NH2+][C@H](c2ccccc2)c2ccc(C)cc2)cc1. The number of anilines is 1. The Bertz CT molecular complexity index is 952. The van der Waals surface area contributed by atoms with Gasteiger partial charge in [0.1, 0.15) is 6.04 Å². The van der Waals surface area contributed by atoms with Crippen LogP contribution < -0.4 is 16.0 Å². The van der Waals surface area contributed by atoms with Gasteiger partial charge in [-0.15, -0.1) is 0 Å². The monoisotopic (exact) mass is 388 g/mol. The molecule has 0 aliphatic heterocycles. The second kappa shape index (κ2) is 9.66. The maximum Gasteiger partial charge on any atom is 0.279 e. The van der Waals surface area contributed by atoms with E-state index in [1.54, 1.807) is 31.3 Å². The van der Waals surface area contributed by atoms with Gasteiger partial charge in [-0.1, -0.05) is 60.2 Å². The van der Waals surface area contributed by atoms with Gasteiger partial charge >= 0.3 is 0 Å². The standard InChI is InChI=1S/C24H25N3O2/c1-17-8-10-19(11-9-17)23(18-6-4-3-5-7-18)26-16-22(28)27-21-14-12-20(13-15-21)24(29)25-2/h3-15,23,26H,16H2,1-2H3,(H,25,29)(H,27,28)/p+1/t23-/m1/s1. The molecule has 5 nitrogen and oxygen atoms in total. The van der Waals surface area contributed by atoms with Crippen LogP contribution in [-0.2, 0) is 4.79 Å². The van der Waals surface area contributed by atoms with Crippen molar-refractivity contribution in [3.05, 3.63) is 101 Å². The minimum atomic E-state index is -0.153. The summed E-state index contributed by atoms with van der Waals surface area (Å²) >= 11 is 0. The van der Waals surface area contributed by atoms with Crippen molar-refractivity contribution in [3.8, 4) is 0 Å². The number of rotatable bonds is 7. The molecular weight excluding hydrogens is 362 g/mol. The van der Waals surface area contributed by atoms with Crippen LogP contribution in [0.4, 0.5) is 5.69 Å². The summed E-state index contributed by atoms with van der Waals surface area (Å²) in [6.45, 7) is 2.35. The van der Waals surface area contributed by atoms with Crippen molar-refractivity contribution in [2.45, 2.75) is 13.0 Å². The third kappa shape index (κ3) is 5.53. The van der Waals surface area contributed by atoms with Crippen molar-refractivity contribution >= 4 is 17.5 Å². The van der Waals surface area contributed by atoms with Crippen molar-refractivity contribution < 1.29 is 14.9 Å². The van der Waals surface area contributed by atoms with Crippen LogP contribution in [0.2, 0.25) is 0 Å². The van der Waals surface area contributed by atoms with E-state index in [4.69, 9.17) is 0 Å². The molecule has 0 unspecified atom stereocenters. The molecule has 1 atom stereocenters. The molecule has 148 valence electrons. The summed E-state index contributed by atoms with van der Waals surface area (Å²) in [7, 11) is 1.59. The van der Waals surface area contributed by atoms with E-state index >= 15 is 0 Å². The van der Waals surface area contributed by atoms with Crippen LogP contribution >= 0.6 is 0 Å². The second-order valence-electron chi connectivity index (χ2n) is 6.94. The lowest BCUT2D eigenvalue weighted by Crippen LogP contribution is -2.87. The number of hydrogen-bond donors (Lipinski definition) is 3. The number of amides is 2. The first kappa shape index (κ1) is 20.3. The van der Waals surface area contributed by atoms with Crippen molar-refractivity contribution in [3.63, 3.8) is 0 Å². The molecule has 5 heteroatoms. The summed E-state index contributed by atoms with van der Waals surface area (Å²) in [6.07, 6.45) is 0. The number of nitrogens with two attached hydrogens (primary N) is 1. The quantitative estimate of drug-likeness (QED) is 0.582. The van der Waals surface area contributed by atoms with E-state index in [0.717, 1.165) is 11.1 Å². The highest BCUT2D eigenvalue weighted by Gasteiger charge is 2.19. The predicted octanol–water partition coefficient (Wildman–Crippen LogP) is 2.65. The molecule has 3 rings (SSSR count). The van der Waals surface area contributed by atoms with Gasteiger partial charge in [0.25, 0.3) is 11.8 Å². The van der Waals surface area contributed by atoms with Crippen LogP contribution in [0.25, 0.3) is 0 Å². The van der Waals surface area contributed by atoms with Crippen LogP contribution in [0.15, 0.2) is 78.9 Å². The number of quaternary nitrogens is 1. The van der Waals surface area contributed by atoms with E-state index in [2.05, 4.69) is 54.0 Å². The lowest BCUT2D eigenvalue weighted by Gasteiger charge is -2.17. The fraction of sp³-hybridized carbons (Fsp3) is 0.167. The first-order valence-corrected chi connectivity index (χ1v) is 9.63. The smallest absolute Gasteiger partial charge is 0.279 e. The first-order chi connectivity index (χ1) is 14.1. The van der Waals surface area contributed by atoms with Crippen LogP contribution in [0.1, 0.15) is 33.1 Å². The molecular formula is C24H26N3O2+. The topological polar surface area (TPSA) is 74.8 Å². The molecule has 0 spiro atoms. The molecule has 0 fully saturated rings. The summed E-state index contributed by atoms with van der Waals surface area (Å²) < 4.78 is 0. The summed E-state index contributed by atoms with van der Waals surface area (Å²) in [5, 5.41) is 7.51. The number of carbonyl (C=O) groups is 2. The minimum absolute atomic E-state index is 0.0400. The number of aryl methyl sites for hydroxylation is 1. The van der Waals surface area contributed by atoms with E-state index in [9.17, 15) is 9.59 Å². The summed E-state index contributed by atoms with van der Waals surface area (Å²) in [5.74, 6) is -0.245. The van der Waals surface area contributed by atoms with Gasteiger partial charge in [-0.3, -0.25) is 9.59 Å². The summed E-state index contributed by atoms with van der Waals surface area (Å²) in [6, 6.07) is 25.5. The summed E-state index contributed by atoms with van der Waals surface area (Å²) in [5.41, 5.74) is 4.74. The normalized spacial score (nSPS) is 11.5. The molecule has 0 bridgehead atoms. The highest BCUT2D eigenvalue weighted by molar-refractivity contribution is 5.95. The molecule has 0 aliphatic carbocycles. The number of hydrogen-bond acceptors (Lipinski definition) is 2. The molecule has 0 saturated carbocycles. The highest BCUT2D eigenvalue weighted by Crippen LogP contribution is 2.18. The molecule has 0 heterocycles. The third-order valence-electron chi connectivity index (χ3n) is 4.79. The van der Waals surface area contributed by atoms with E-state index < -0.39 is 0 Å². The van der Waals surface area contributed by atoms with Gasteiger partial charge in [0.2, 0.25) is 0 Å². The molecule has 0 aliphatic rings. The largest absolute Gasteiger partial charge is 0.355 e.